The molecule has 0 amide bonds. The molecule has 0 aliphatic heterocycles. The van der Waals surface area contributed by atoms with Crippen LogP contribution in [0.2, 0.25) is 0 Å². The van der Waals surface area contributed by atoms with Crippen molar-refractivity contribution in [2.45, 2.75) is 44.9 Å². The van der Waals surface area contributed by atoms with Crippen molar-refractivity contribution < 1.29 is 21.9 Å². The van der Waals surface area contributed by atoms with E-state index < -0.39 is 10.0 Å². The Bertz CT molecular complexity index is 1460. The van der Waals surface area contributed by atoms with Crippen molar-refractivity contribution in [3.63, 3.8) is 0 Å². The molecule has 0 unspecified atom stereocenters. The highest BCUT2D eigenvalue weighted by Gasteiger charge is 2.48. The first-order chi connectivity index (χ1) is 16.6. The topological polar surface area (TPSA) is 94.0 Å². The van der Waals surface area contributed by atoms with E-state index >= 15 is 0 Å². The molecule has 2 aromatic heterocycles. The van der Waals surface area contributed by atoms with E-state index in [1.54, 1.807) is 26.0 Å². The van der Waals surface area contributed by atoms with Crippen LogP contribution in [0.3, 0.4) is 0 Å². The van der Waals surface area contributed by atoms with Crippen LogP contribution < -0.4 is 4.68 Å². The summed E-state index contributed by atoms with van der Waals surface area (Å²) < 4.78 is 49.0. The van der Waals surface area contributed by atoms with E-state index in [1.165, 1.54) is 28.1 Å². The van der Waals surface area contributed by atoms with Crippen LogP contribution in [0.1, 0.15) is 42.5 Å². The van der Waals surface area contributed by atoms with E-state index in [0.29, 0.717) is 11.5 Å². The van der Waals surface area contributed by atoms with Crippen LogP contribution in [-0.2, 0) is 16.4 Å². The smallest absolute Gasteiger partial charge is 0.247 e. The lowest BCUT2D eigenvalue weighted by atomic mass is 9.70. The number of nitriles is 1. The van der Waals surface area contributed by atoms with Gasteiger partial charge >= 0.3 is 0 Å². The van der Waals surface area contributed by atoms with E-state index in [1.807, 2.05) is 16.9 Å². The minimum atomic E-state index is -3.86. The first kappa shape index (κ1) is 23.5. The third-order valence-electron chi connectivity index (χ3n) is 7.57. The first-order valence-electron chi connectivity index (χ1n) is 11.7. The van der Waals surface area contributed by atoms with Gasteiger partial charge in [-0.1, -0.05) is 17.2 Å². The molecule has 5 rings (SSSR count). The molecule has 2 atom stereocenters. The molecule has 0 spiro atoms. The Morgan fingerprint density at radius 3 is 2.71 bits per heavy atom. The van der Waals surface area contributed by atoms with Crippen LogP contribution in [0.25, 0.3) is 11.8 Å². The Morgan fingerprint density at radius 1 is 1.31 bits per heavy atom. The maximum absolute atomic E-state index is 13.5. The van der Waals surface area contributed by atoms with Gasteiger partial charge < -0.3 is 4.42 Å². The van der Waals surface area contributed by atoms with Gasteiger partial charge in [-0.15, -0.1) is 0 Å². The number of benzene rings is 1. The SMILES string of the molecule is Cc1cc(S(=O)(=O)N(CC#N)C[C@H]2CCC3=Cc4c(c[nH][n+]4-c4ccc(F)cc4)C[C@@]32C)c(C)o1. The molecule has 1 fully saturated rings. The Kier molecular flexibility index (Phi) is 5.69. The first-order valence-corrected chi connectivity index (χ1v) is 13.1. The zero-order valence-corrected chi connectivity index (χ0v) is 20.8. The number of allylic oxidation sites excluding steroid dienone is 1. The predicted octanol–water partition coefficient (Wildman–Crippen LogP) is 4.21. The number of halogens is 1. The van der Waals surface area contributed by atoms with Crippen LogP contribution in [0.15, 0.2) is 51.4 Å². The summed E-state index contributed by atoms with van der Waals surface area (Å²) in [7, 11) is -3.86. The maximum Gasteiger partial charge on any atom is 0.247 e. The monoisotopic (exact) mass is 495 g/mol. The van der Waals surface area contributed by atoms with Gasteiger partial charge in [0.1, 0.15) is 28.8 Å². The van der Waals surface area contributed by atoms with Crippen LogP contribution in [0.5, 0.6) is 0 Å². The average Bonchev–Trinajstić information content (AvgIpc) is 3.47. The zero-order valence-electron chi connectivity index (χ0n) is 20.0. The van der Waals surface area contributed by atoms with Gasteiger partial charge in [-0.3, -0.25) is 0 Å². The van der Waals surface area contributed by atoms with Crippen LogP contribution in [0, 0.1) is 42.3 Å². The van der Waals surface area contributed by atoms with Crippen molar-refractivity contribution in [2.75, 3.05) is 13.1 Å². The second-order valence-electron chi connectivity index (χ2n) is 9.73. The average molecular weight is 496 g/mol. The van der Waals surface area contributed by atoms with Crippen LogP contribution in [0.4, 0.5) is 4.39 Å². The highest BCUT2D eigenvalue weighted by Crippen LogP contribution is 2.53. The molecule has 1 N–H and O–H groups in total. The van der Waals surface area contributed by atoms with Gasteiger partial charge in [-0.2, -0.15) is 14.7 Å². The molecule has 2 aliphatic rings. The lowest BCUT2D eigenvalue weighted by Gasteiger charge is -2.36. The number of fused-ring (bicyclic) bond motifs is 2. The molecular weight excluding hydrogens is 467 g/mol. The number of sulfonamides is 1. The molecule has 1 aromatic carbocycles. The van der Waals surface area contributed by atoms with Gasteiger partial charge in [0.15, 0.2) is 0 Å². The van der Waals surface area contributed by atoms with Crippen LogP contribution >= 0.6 is 0 Å². The number of nitrogens with one attached hydrogen (secondary N) is 1. The molecule has 35 heavy (non-hydrogen) atoms. The zero-order chi connectivity index (χ0) is 25.0. The van der Waals surface area contributed by atoms with E-state index in [0.717, 1.165) is 36.2 Å². The highest BCUT2D eigenvalue weighted by molar-refractivity contribution is 7.89. The molecule has 3 aromatic rings. The molecular formula is C26H28FN4O3S+. The summed E-state index contributed by atoms with van der Waals surface area (Å²) in [6, 6.07) is 9.91. The molecule has 1 saturated carbocycles. The molecule has 2 aliphatic carbocycles. The maximum atomic E-state index is 13.5. The molecule has 182 valence electrons. The van der Waals surface area contributed by atoms with Gasteiger partial charge in [-0.05, 0) is 62.6 Å². The Morgan fingerprint density at radius 2 is 2.06 bits per heavy atom. The van der Waals surface area contributed by atoms with Gasteiger partial charge in [0.05, 0.1) is 12.3 Å². The summed E-state index contributed by atoms with van der Waals surface area (Å²) >= 11 is 0. The van der Waals surface area contributed by atoms with Crippen molar-refractivity contribution in [2.24, 2.45) is 11.3 Å². The van der Waals surface area contributed by atoms with Gasteiger partial charge in [0.2, 0.25) is 21.4 Å². The predicted molar refractivity (Wildman–Crippen MR) is 127 cm³/mol. The number of aryl methyl sites for hydroxylation is 2. The number of hydrogen-bond acceptors (Lipinski definition) is 4. The van der Waals surface area contributed by atoms with Gasteiger partial charge in [0, 0.05) is 30.3 Å². The standard InChI is InChI=1S/C26H27FN4O3S/c1-17-12-25(18(2)34-17)35(32,33)30(11-10-28)16-21-5-4-20-13-24-19(14-26(20,21)3)15-29-31(24)23-8-6-22(27)7-9-23/h6-9,12-13,15,21H,4-5,11,14,16H2,1-3H3/p+1/t21-,26+/m1/s1. The molecule has 7 nitrogen and oxygen atoms in total. The molecule has 2 heterocycles. The summed E-state index contributed by atoms with van der Waals surface area (Å²) in [5.41, 5.74) is 4.06. The fourth-order valence-electron chi connectivity index (χ4n) is 5.65. The summed E-state index contributed by atoms with van der Waals surface area (Å²) in [5, 5.41) is 12.7. The second kappa shape index (κ2) is 8.47. The Hall–Kier alpha value is -3.22. The number of furan rings is 1. The van der Waals surface area contributed by atoms with Crippen molar-refractivity contribution in [3.8, 4) is 11.8 Å². The molecule has 0 bridgehead atoms. The Balaban J connectivity index is 1.45. The minimum absolute atomic E-state index is 0.0625. The highest BCUT2D eigenvalue weighted by atomic mass is 32.2. The number of rotatable bonds is 6. The van der Waals surface area contributed by atoms with Crippen molar-refractivity contribution in [1.82, 2.24) is 9.40 Å². The minimum Gasteiger partial charge on any atom is -0.465 e. The summed E-state index contributed by atoms with van der Waals surface area (Å²) in [4.78, 5) is 0.126. The number of aromatic nitrogens is 2. The van der Waals surface area contributed by atoms with Crippen molar-refractivity contribution in [3.05, 3.63) is 70.7 Å². The molecule has 0 radical (unpaired) electrons. The normalized spacial score (nSPS) is 21.5. The number of aromatic amines is 1. The second-order valence-corrected chi connectivity index (χ2v) is 11.6. The van der Waals surface area contributed by atoms with E-state index in [2.05, 4.69) is 18.1 Å². The third-order valence-corrected chi connectivity index (χ3v) is 9.49. The van der Waals surface area contributed by atoms with Crippen LogP contribution in [-0.4, -0.2) is 30.9 Å². The Labute approximate surface area is 204 Å². The molecule has 0 saturated heterocycles. The largest absolute Gasteiger partial charge is 0.465 e. The van der Waals surface area contributed by atoms with Crippen molar-refractivity contribution >= 4 is 16.1 Å². The third kappa shape index (κ3) is 3.91. The number of H-pyrrole nitrogens is 1. The fraction of sp³-hybridized carbons (Fsp3) is 0.385. The summed E-state index contributed by atoms with van der Waals surface area (Å²) in [6.45, 7) is 5.60. The summed E-state index contributed by atoms with van der Waals surface area (Å²) in [6.07, 6.45) is 6.61. The van der Waals surface area contributed by atoms with Gasteiger partial charge in [-0.25, -0.2) is 12.8 Å². The molecule has 9 heteroatoms. The lowest BCUT2D eigenvalue weighted by molar-refractivity contribution is -0.657. The quantitative estimate of drug-likeness (QED) is 0.409. The summed E-state index contributed by atoms with van der Waals surface area (Å²) in [5.74, 6) is 0.644. The van der Waals surface area contributed by atoms with Gasteiger partial charge in [0.25, 0.3) is 0 Å². The van der Waals surface area contributed by atoms with Crippen molar-refractivity contribution in [1.29, 1.82) is 5.26 Å². The lowest BCUT2D eigenvalue weighted by Crippen LogP contribution is -2.42. The fourth-order valence-corrected chi connectivity index (χ4v) is 7.25. The van der Waals surface area contributed by atoms with E-state index in [-0.39, 0.29) is 35.1 Å². The van der Waals surface area contributed by atoms with E-state index in [9.17, 15) is 18.1 Å². The van der Waals surface area contributed by atoms with E-state index in [4.69, 9.17) is 4.42 Å². The number of hydrogen-bond donors (Lipinski definition) is 1. The number of nitrogens with zero attached hydrogens (tertiary/aromatic N) is 3.